The molecule has 13 heavy (non-hydrogen) atoms. The van der Waals surface area contributed by atoms with Crippen LogP contribution >= 0.6 is 0 Å². The van der Waals surface area contributed by atoms with Crippen LogP contribution in [0.2, 0.25) is 0 Å². The molecule has 0 aromatic rings. The van der Waals surface area contributed by atoms with Crippen LogP contribution < -0.4 is 0 Å². The summed E-state index contributed by atoms with van der Waals surface area (Å²) in [6.45, 7) is 10.7. The van der Waals surface area contributed by atoms with Crippen molar-refractivity contribution in [3.05, 3.63) is 23.3 Å². The molecule has 0 saturated carbocycles. The van der Waals surface area contributed by atoms with Gasteiger partial charge in [0, 0.05) is 6.42 Å². The Morgan fingerprint density at radius 3 is 2.69 bits per heavy atom. The molecule has 0 spiro atoms. The molecule has 0 N–H and O–H groups in total. The van der Waals surface area contributed by atoms with Gasteiger partial charge < -0.3 is 4.74 Å². The molecule has 1 nitrogen and oxygen atoms in total. The third-order valence-corrected chi connectivity index (χ3v) is 2.20. The van der Waals surface area contributed by atoms with Gasteiger partial charge in [0.15, 0.2) is 0 Å². The molecule has 0 aromatic carbocycles. The summed E-state index contributed by atoms with van der Waals surface area (Å²) in [5.74, 6) is 0. The minimum Gasteiger partial charge on any atom is -0.364 e. The van der Waals surface area contributed by atoms with E-state index in [0.29, 0.717) is 0 Å². The Hall–Kier alpha value is -0.560. The Labute approximate surface area is 81.5 Å². The van der Waals surface area contributed by atoms with E-state index in [1.165, 1.54) is 11.1 Å². The molecule has 0 amide bonds. The van der Waals surface area contributed by atoms with Crippen LogP contribution in [-0.4, -0.2) is 11.7 Å². The van der Waals surface area contributed by atoms with Gasteiger partial charge in [0.1, 0.15) is 0 Å². The second kappa shape index (κ2) is 3.67. The van der Waals surface area contributed by atoms with Crippen molar-refractivity contribution >= 4 is 0 Å². The summed E-state index contributed by atoms with van der Waals surface area (Å²) >= 11 is 0. The average Bonchev–Trinajstić information content (AvgIpc) is 1.77. The number of hydrogen-bond donors (Lipinski definition) is 0. The highest BCUT2D eigenvalue weighted by molar-refractivity contribution is 5.17. The second-order valence-corrected chi connectivity index (χ2v) is 4.55. The maximum Gasteiger partial charge on any atom is 0.0881 e. The fourth-order valence-corrected chi connectivity index (χ4v) is 2.21. The highest BCUT2D eigenvalue weighted by Crippen LogP contribution is 2.30. The van der Waals surface area contributed by atoms with E-state index in [1.54, 1.807) is 0 Å². The summed E-state index contributed by atoms with van der Waals surface area (Å²) in [5, 5.41) is 0. The molecule has 2 atom stereocenters. The standard InChI is InChI=1S/C12H20O/c1-9(2)7-12(5)8-10(3)6-11(4)13-12/h6-7,11H,8H2,1-5H3. The van der Waals surface area contributed by atoms with E-state index in [0.717, 1.165) is 6.42 Å². The molecule has 0 bridgehead atoms. The maximum atomic E-state index is 5.90. The highest BCUT2D eigenvalue weighted by atomic mass is 16.5. The smallest absolute Gasteiger partial charge is 0.0881 e. The zero-order chi connectivity index (χ0) is 10.1. The van der Waals surface area contributed by atoms with Crippen molar-refractivity contribution in [2.24, 2.45) is 0 Å². The van der Waals surface area contributed by atoms with Crippen LogP contribution in [0.4, 0.5) is 0 Å². The lowest BCUT2D eigenvalue weighted by Gasteiger charge is -2.34. The molecule has 74 valence electrons. The Morgan fingerprint density at radius 2 is 2.23 bits per heavy atom. The lowest BCUT2D eigenvalue weighted by molar-refractivity contribution is -0.0319. The number of rotatable bonds is 1. The molecule has 1 heterocycles. The van der Waals surface area contributed by atoms with Crippen LogP contribution in [0.25, 0.3) is 0 Å². The first-order valence-electron chi connectivity index (χ1n) is 4.92. The molecule has 0 radical (unpaired) electrons. The summed E-state index contributed by atoms with van der Waals surface area (Å²) < 4.78 is 5.90. The van der Waals surface area contributed by atoms with Crippen LogP contribution in [0.5, 0.6) is 0 Å². The van der Waals surface area contributed by atoms with Crippen molar-refractivity contribution in [3.63, 3.8) is 0 Å². The minimum absolute atomic E-state index is 0.0862. The van der Waals surface area contributed by atoms with Crippen LogP contribution in [0.3, 0.4) is 0 Å². The Kier molecular flexibility index (Phi) is 2.97. The predicted molar refractivity (Wildman–Crippen MR) is 56.8 cm³/mol. The van der Waals surface area contributed by atoms with Gasteiger partial charge in [-0.1, -0.05) is 23.3 Å². The van der Waals surface area contributed by atoms with E-state index in [4.69, 9.17) is 4.74 Å². The Bertz CT molecular complexity index is 246. The van der Waals surface area contributed by atoms with E-state index in [1.807, 2.05) is 0 Å². The molecule has 0 fully saturated rings. The van der Waals surface area contributed by atoms with Gasteiger partial charge in [0.2, 0.25) is 0 Å². The Balaban J connectivity index is 2.83. The van der Waals surface area contributed by atoms with Crippen LogP contribution in [0.15, 0.2) is 23.3 Å². The van der Waals surface area contributed by atoms with E-state index in [-0.39, 0.29) is 11.7 Å². The van der Waals surface area contributed by atoms with Crippen molar-refractivity contribution in [2.75, 3.05) is 0 Å². The lowest BCUT2D eigenvalue weighted by Crippen LogP contribution is -2.34. The first-order valence-corrected chi connectivity index (χ1v) is 4.92. The molecule has 0 aliphatic carbocycles. The van der Waals surface area contributed by atoms with Gasteiger partial charge in [-0.05, 0) is 34.6 Å². The number of hydrogen-bond acceptors (Lipinski definition) is 1. The number of ether oxygens (including phenoxy) is 1. The zero-order valence-electron chi connectivity index (χ0n) is 9.35. The fraction of sp³-hybridized carbons (Fsp3) is 0.667. The van der Waals surface area contributed by atoms with Crippen LogP contribution in [0, 0.1) is 0 Å². The largest absolute Gasteiger partial charge is 0.364 e. The summed E-state index contributed by atoms with van der Waals surface area (Å²) in [5.41, 5.74) is 2.67. The summed E-state index contributed by atoms with van der Waals surface area (Å²) in [7, 11) is 0. The first kappa shape index (κ1) is 10.5. The zero-order valence-corrected chi connectivity index (χ0v) is 9.35. The molecule has 0 aromatic heterocycles. The number of allylic oxidation sites excluding steroid dienone is 1. The maximum absolute atomic E-state index is 5.90. The molecular weight excluding hydrogens is 160 g/mol. The summed E-state index contributed by atoms with van der Waals surface area (Å²) in [6.07, 6.45) is 5.68. The predicted octanol–water partition coefficient (Wildman–Crippen LogP) is 3.47. The topological polar surface area (TPSA) is 9.23 Å². The summed E-state index contributed by atoms with van der Waals surface area (Å²) in [6, 6.07) is 0. The molecule has 2 unspecified atom stereocenters. The molecule has 1 aliphatic rings. The minimum atomic E-state index is -0.0862. The molecule has 1 rings (SSSR count). The van der Waals surface area contributed by atoms with Gasteiger partial charge >= 0.3 is 0 Å². The second-order valence-electron chi connectivity index (χ2n) is 4.55. The van der Waals surface area contributed by atoms with Gasteiger partial charge in [-0.3, -0.25) is 0 Å². The van der Waals surface area contributed by atoms with E-state index < -0.39 is 0 Å². The van der Waals surface area contributed by atoms with Gasteiger partial charge in [-0.2, -0.15) is 0 Å². The monoisotopic (exact) mass is 180 g/mol. The van der Waals surface area contributed by atoms with Crippen LogP contribution in [0.1, 0.15) is 41.0 Å². The molecular formula is C12H20O. The highest BCUT2D eigenvalue weighted by Gasteiger charge is 2.28. The summed E-state index contributed by atoms with van der Waals surface area (Å²) in [4.78, 5) is 0. The van der Waals surface area contributed by atoms with Gasteiger partial charge in [-0.25, -0.2) is 0 Å². The normalized spacial score (nSPS) is 33.9. The molecule has 1 heteroatoms. The van der Waals surface area contributed by atoms with E-state index in [9.17, 15) is 0 Å². The van der Waals surface area contributed by atoms with Crippen molar-refractivity contribution < 1.29 is 4.74 Å². The van der Waals surface area contributed by atoms with Crippen molar-refractivity contribution in [1.29, 1.82) is 0 Å². The van der Waals surface area contributed by atoms with Crippen molar-refractivity contribution in [2.45, 2.75) is 52.7 Å². The van der Waals surface area contributed by atoms with Gasteiger partial charge in [0.25, 0.3) is 0 Å². The Morgan fingerprint density at radius 1 is 1.62 bits per heavy atom. The van der Waals surface area contributed by atoms with Crippen LogP contribution in [-0.2, 0) is 4.74 Å². The van der Waals surface area contributed by atoms with Gasteiger partial charge in [0.05, 0.1) is 11.7 Å². The SMILES string of the molecule is CC(C)=CC1(C)CC(C)=CC(C)O1. The third kappa shape index (κ3) is 3.00. The van der Waals surface area contributed by atoms with E-state index >= 15 is 0 Å². The average molecular weight is 180 g/mol. The molecule has 0 saturated heterocycles. The lowest BCUT2D eigenvalue weighted by atomic mass is 9.91. The quantitative estimate of drug-likeness (QED) is 0.561. The van der Waals surface area contributed by atoms with Crippen molar-refractivity contribution in [1.82, 2.24) is 0 Å². The third-order valence-electron chi connectivity index (χ3n) is 2.20. The first-order chi connectivity index (χ1) is 5.91. The van der Waals surface area contributed by atoms with Crippen molar-refractivity contribution in [3.8, 4) is 0 Å². The van der Waals surface area contributed by atoms with Gasteiger partial charge in [-0.15, -0.1) is 0 Å². The fourth-order valence-electron chi connectivity index (χ4n) is 2.21. The van der Waals surface area contributed by atoms with E-state index in [2.05, 4.69) is 46.8 Å². The molecule has 1 aliphatic heterocycles.